The predicted molar refractivity (Wildman–Crippen MR) is 75.5 cm³/mol. The Morgan fingerprint density at radius 1 is 1.38 bits per heavy atom. The van der Waals surface area contributed by atoms with E-state index in [-0.39, 0.29) is 11.4 Å². The van der Waals surface area contributed by atoms with Crippen LogP contribution >= 0.6 is 22.6 Å². The molecule has 0 saturated carbocycles. The SMILES string of the molecule is Cc1cc(I)cc(C(=O)NC(C)(C)C)c1N. The van der Waals surface area contributed by atoms with Crippen LogP contribution in [0.2, 0.25) is 0 Å². The van der Waals surface area contributed by atoms with Gasteiger partial charge in [-0.2, -0.15) is 0 Å². The number of hydrogen-bond donors (Lipinski definition) is 2. The van der Waals surface area contributed by atoms with Gasteiger partial charge in [0, 0.05) is 14.8 Å². The predicted octanol–water partition coefficient (Wildman–Crippen LogP) is 2.71. The molecule has 0 aliphatic rings. The lowest BCUT2D eigenvalue weighted by molar-refractivity contribution is 0.0920. The minimum absolute atomic E-state index is 0.119. The maximum atomic E-state index is 12.0. The number of amides is 1. The highest BCUT2D eigenvalue weighted by atomic mass is 127. The molecule has 0 atom stereocenters. The summed E-state index contributed by atoms with van der Waals surface area (Å²) in [4.78, 5) is 12.0. The van der Waals surface area contributed by atoms with Crippen LogP contribution in [0.4, 0.5) is 5.69 Å². The first-order valence-electron chi connectivity index (χ1n) is 5.09. The number of rotatable bonds is 1. The number of benzene rings is 1. The van der Waals surface area contributed by atoms with E-state index < -0.39 is 0 Å². The smallest absolute Gasteiger partial charge is 0.253 e. The maximum absolute atomic E-state index is 12.0. The third-order valence-corrected chi connectivity index (χ3v) is 2.71. The van der Waals surface area contributed by atoms with Crippen molar-refractivity contribution in [1.29, 1.82) is 0 Å². The van der Waals surface area contributed by atoms with Gasteiger partial charge in [-0.3, -0.25) is 4.79 Å². The summed E-state index contributed by atoms with van der Waals surface area (Å²) >= 11 is 2.18. The molecule has 88 valence electrons. The second-order valence-electron chi connectivity index (χ2n) is 4.89. The number of carbonyl (C=O) groups excluding carboxylic acids is 1. The summed E-state index contributed by atoms with van der Waals surface area (Å²) in [6, 6.07) is 3.77. The highest BCUT2D eigenvalue weighted by Crippen LogP contribution is 2.21. The van der Waals surface area contributed by atoms with Crippen molar-refractivity contribution in [2.45, 2.75) is 33.2 Å². The van der Waals surface area contributed by atoms with Crippen LogP contribution < -0.4 is 11.1 Å². The molecule has 0 aliphatic heterocycles. The van der Waals surface area contributed by atoms with E-state index in [0.717, 1.165) is 9.13 Å². The largest absolute Gasteiger partial charge is 0.398 e. The molecule has 3 nitrogen and oxygen atoms in total. The van der Waals surface area contributed by atoms with Crippen LogP contribution in [0, 0.1) is 10.5 Å². The van der Waals surface area contributed by atoms with E-state index in [9.17, 15) is 4.79 Å². The fraction of sp³-hybridized carbons (Fsp3) is 0.417. The quantitative estimate of drug-likeness (QED) is 0.614. The van der Waals surface area contributed by atoms with Gasteiger partial charge in [0.2, 0.25) is 0 Å². The fourth-order valence-corrected chi connectivity index (χ4v) is 2.13. The molecule has 0 aliphatic carbocycles. The van der Waals surface area contributed by atoms with Crippen LogP contribution in [0.25, 0.3) is 0 Å². The van der Waals surface area contributed by atoms with Crippen molar-refractivity contribution in [1.82, 2.24) is 5.32 Å². The third kappa shape index (κ3) is 3.37. The molecule has 4 heteroatoms. The molecule has 0 spiro atoms. The van der Waals surface area contributed by atoms with Crippen LogP contribution in [0.1, 0.15) is 36.7 Å². The molecule has 16 heavy (non-hydrogen) atoms. The summed E-state index contributed by atoms with van der Waals surface area (Å²) in [6.45, 7) is 7.75. The van der Waals surface area contributed by atoms with E-state index in [2.05, 4.69) is 27.9 Å². The number of carbonyl (C=O) groups is 1. The molecule has 1 aromatic rings. The first-order chi connectivity index (χ1) is 7.20. The van der Waals surface area contributed by atoms with Crippen molar-refractivity contribution in [2.75, 3.05) is 5.73 Å². The summed E-state index contributed by atoms with van der Waals surface area (Å²) in [6.07, 6.45) is 0. The number of nitrogens with one attached hydrogen (secondary N) is 1. The minimum Gasteiger partial charge on any atom is -0.398 e. The van der Waals surface area contributed by atoms with Gasteiger partial charge < -0.3 is 11.1 Å². The van der Waals surface area contributed by atoms with E-state index >= 15 is 0 Å². The van der Waals surface area contributed by atoms with Crippen molar-refractivity contribution in [3.8, 4) is 0 Å². The van der Waals surface area contributed by atoms with Gasteiger partial charge in [-0.05, 0) is 68.0 Å². The third-order valence-electron chi connectivity index (χ3n) is 2.08. The second-order valence-corrected chi connectivity index (χ2v) is 6.13. The zero-order valence-electron chi connectivity index (χ0n) is 10.0. The molecule has 1 aromatic carbocycles. The van der Waals surface area contributed by atoms with E-state index in [1.165, 1.54) is 0 Å². The van der Waals surface area contributed by atoms with Crippen molar-refractivity contribution in [3.63, 3.8) is 0 Å². The molecule has 0 radical (unpaired) electrons. The van der Waals surface area contributed by atoms with Crippen molar-refractivity contribution in [3.05, 3.63) is 26.8 Å². The second kappa shape index (κ2) is 4.61. The molecule has 1 amide bonds. The summed E-state index contributed by atoms with van der Waals surface area (Å²) in [5, 5.41) is 2.91. The summed E-state index contributed by atoms with van der Waals surface area (Å²) in [7, 11) is 0. The lowest BCUT2D eigenvalue weighted by atomic mass is 10.0. The average molecular weight is 332 g/mol. The highest BCUT2D eigenvalue weighted by molar-refractivity contribution is 14.1. The molecular weight excluding hydrogens is 315 g/mol. The lowest BCUT2D eigenvalue weighted by Crippen LogP contribution is -2.40. The fourth-order valence-electron chi connectivity index (χ4n) is 1.35. The monoisotopic (exact) mass is 332 g/mol. The van der Waals surface area contributed by atoms with Gasteiger partial charge >= 0.3 is 0 Å². The number of aryl methyl sites for hydroxylation is 1. The van der Waals surface area contributed by atoms with Gasteiger partial charge in [-0.1, -0.05) is 0 Å². The molecule has 0 heterocycles. The minimum atomic E-state index is -0.251. The van der Waals surface area contributed by atoms with E-state index in [1.54, 1.807) is 0 Å². The molecule has 0 unspecified atom stereocenters. The van der Waals surface area contributed by atoms with Gasteiger partial charge in [0.15, 0.2) is 0 Å². The Kier molecular flexibility index (Phi) is 3.83. The zero-order chi connectivity index (χ0) is 12.5. The van der Waals surface area contributed by atoms with Gasteiger partial charge in [-0.25, -0.2) is 0 Å². The van der Waals surface area contributed by atoms with Crippen molar-refractivity contribution >= 4 is 34.2 Å². The summed E-state index contributed by atoms with van der Waals surface area (Å²) in [5.41, 5.74) is 7.70. The molecule has 0 bridgehead atoms. The molecule has 1 rings (SSSR count). The van der Waals surface area contributed by atoms with E-state index in [0.29, 0.717) is 11.3 Å². The molecule has 0 aromatic heterocycles. The molecule has 3 N–H and O–H groups in total. The van der Waals surface area contributed by atoms with Gasteiger partial charge in [0.25, 0.3) is 5.91 Å². The van der Waals surface area contributed by atoms with E-state index in [4.69, 9.17) is 5.73 Å². The number of hydrogen-bond acceptors (Lipinski definition) is 2. The maximum Gasteiger partial charge on any atom is 0.253 e. The Morgan fingerprint density at radius 2 is 1.94 bits per heavy atom. The Balaban J connectivity index is 3.09. The molecular formula is C12H17IN2O. The van der Waals surface area contributed by atoms with Crippen molar-refractivity contribution in [2.24, 2.45) is 0 Å². The van der Waals surface area contributed by atoms with Crippen LogP contribution in [0.5, 0.6) is 0 Å². The van der Waals surface area contributed by atoms with Gasteiger partial charge in [0.1, 0.15) is 0 Å². The Morgan fingerprint density at radius 3 is 2.44 bits per heavy atom. The first-order valence-corrected chi connectivity index (χ1v) is 6.17. The zero-order valence-corrected chi connectivity index (χ0v) is 12.2. The number of nitrogens with two attached hydrogens (primary N) is 1. The highest BCUT2D eigenvalue weighted by Gasteiger charge is 2.18. The number of nitrogen functional groups attached to an aromatic ring is 1. The topological polar surface area (TPSA) is 55.1 Å². The van der Waals surface area contributed by atoms with E-state index in [1.807, 2.05) is 39.8 Å². The number of anilines is 1. The number of halogens is 1. The Labute approximate surface area is 110 Å². The molecule has 0 fully saturated rings. The van der Waals surface area contributed by atoms with Gasteiger partial charge in [-0.15, -0.1) is 0 Å². The Hall–Kier alpha value is -0.780. The van der Waals surface area contributed by atoms with Crippen LogP contribution in [0.3, 0.4) is 0 Å². The van der Waals surface area contributed by atoms with Crippen LogP contribution in [-0.4, -0.2) is 11.4 Å². The normalized spacial score (nSPS) is 11.3. The summed E-state index contributed by atoms with van der Waals surface area (Å²) in [5.74, 6) is -0.119. The summed E-state index contributed by atoms with van der Waals surface area (Å²) < 4.78 is 1.02. The average Bonchev–Trinajstić information content (AvgIpc) is 2.08. The van der Waals surface area contributed by atoms with Gasteiger partial charge in [0.05, 0.1) is 5.56 Å². The lowest BCUT2D eigenvalue weighted by Gasteiger charge is -2.21. The first kappa shape index (κ1) is 13.3. The Bertz CT molecular complexity index is 422. The molecule has 0 saturated heterocycles. The van der Waals surface area contributed by atoms with Crippen LogP contribution in [0.15, 0.2) is 12.1 Å². The van der Waals surface area contributed by atoms with Crippen molar-refractivity contribution < 1.29 is 4.79 Å². The standard InChI is InChI=1S/C12H17IN2O/c1-7-5-8(13)6-9(10(7)14)11(16)15-12(2,3)4/h5-6H,14H2,1-4H3,(H,15,16). The van der Waals surface area contributed by atoms with Crippen LogP contribution in [-0.2, 0) is 0 Å².